The van der Waals surface area contributed by atoms with E-state index in [9.17, 15) is 9.90 Å². The fraction of sp³-hybridized carbons (Fsp3) is 0.679. The highest BCUT2D eigenvalue weighted by Gasteiger charge is 2.31. The van der Waals surface area contributed by atoms with Gasteiger partial charge in [-0.3, -0.25) is 4.79 Å². The summed E-state index contributed by atoms with van der Waals surface area (Å²) in [4.78, 5) is 12.2. The Hall–Kier alpha value is -1.61. The number of rotatable bonds is 19. The third kappa shape index (κ3) is 17.7. The average Bonchev–Trinajstić information content (AvgIpc) is 2.73. The molecule has 0 amide bonds. The summed E-state index contributed by atoms with van der Waals surface area (Å²) < 4.78 is 5.56. The third-order valence-corrected chi connectivity index (χ3v) is 5.41. The molecule has 0 heterocycles. The van der Waals surface area contributed by atoms with Gasteiger partial charge in [-0.2, -0.15) is 0 Å². The van der Waals surface area contributed by atoms with E-state index in [2.05, 4.69) is 37.8 Å². The summed E-state index contributed by atoms with van der Waals surface area (Å²) in [7, 11) is 0. The zero-order chi connectivity index (χ0) is 23.4. The first kappa shape index (κ1) is 29.4. The molecule has 31 heavy (non-hydrogen) atoms. The van der Waals surface area contributed by atoms with Crippen LogP contribution >= 0.6 is 0 Å². The molecule has 178 valence electrons. The Morgan fingerprint density at radius 1 is 0.968 bits per heavy atom. The zero-order valence-electron chi connectivity index (χ0n) is 20.7. The number of allylic oxidation sites excluding steroid dienone is 5. The number of ether oxygens (including phenoxy) is 1. The molecular weight excluding hydrogens is 384 g/mol. The number of hydrogen-bond acceptors (Lipinski definition) is 3. The molecule has 0 aliphatic carbocycles. The number of hydrogen-bond donors (Lipinski definition) is 1. The highest BCUT2D eigenvalue weighted by Crippen LogP contribution is 2.20. The van der Waals surface area contributed by atoms with Gasteiger partial charge in [0.15, 0.2) is 0 Å². The van der Waals surface area contributed by atoms with E-state index in [-0.39, 0.29) is 5.97 Å². The Bertz CT molecular complexity index is 551. The normalized spacial score (nSPS) is 14.5. The fourth-order valence-corrected chi connectivity index (χ4v) is 3.18. The van der Waals surface area contributed by atoms with E-state index in [1.54, 1.807) is 6.92 Å². The molecule has 0 fully saturated rings. The van der Waals surface area contributed by atoms with Crippen LogP contribution in [0.3, 0.4) is 0 Å². The van der Waals surface area contributed by atoms with Crippen LogP contribution in [0.15, 0.2) is 48.6 Å². The maximum Gasteiger partial charge on any atom is 0.306 e. The molecule has 2 atom stereocenters. The molecule has 0 saturated heterocycles. The van der Waals surface area contributed by atoms with Gasteiger partial charge in [0.25, 0.3) is 0 Å². The lowest BCUT2D eigenvalue weighted by atomic mass is 9.95. The van der Waals surface area contributed by atoms with E-state index in [0.717, 1.165) is 37.7 Å². The van der Waals surface area contributed by atoms with Crippen molar-refractivity contribution in [2.75, 3.05) is 0 Å². The van der Waals surface area contributed by atoms with Crippen molar-refractivity contribution in [1.29, 1.82) is 0 Å². The Balaban J connectivity index is 3.85. The van der Waals surface area contributed by atoms with Gasteiger partial charge in [-0.15, -0.1) is 6.58 Å². The van der Waals surface area contributed by atoms with Crippen molar-refractivity contribution in [1.82, 2.24) is 0 Å². The molecule has 0 aromatic rings. The second kappa shape index (κ2) is 19.1. The van der Waals surface area contributed by atoms with Crippen molar-refractivity contribution in [3.05, 3.63) is 48.6 Å². The van der Waals surface area contributed by atoms with Gasteiger partial charge in [-0.25, -0.2) is 0 Å². The minimum atomic E-state index is -1.22. The summed E-state index contributed by atoms with van der Waals surface area (Å²) >= 11 is 0. The Morgan fingerprint density at radius 3 is 2.13 bits per heavy atom. The molecule has 0 aliphatic rings. The van der Waals surface area contributed by atoms with Crippen molar-refractivity contribution >= 4 is 5.97 Å². The van der Waals surface area contributed by atoms with Gasteiger partial charge in [-0.1, -0.05) is 81.1 Å². The number of carbonyl (C=O) groups is 1. The second-order valence-corrected chi connectivity index (χ2v) is 8.91. The molecule has 0 rings (SSSR count). The Morgan fingerprint density at radius 2 is 1.55 bits per heavy atom. The first-order valence-corrected chi connectivity index (χ1v) is 12.3. The van der Waals surface area contributed by atoms with E-state index in [1.807, 2.05) is 19.9 Å². The van der Waals surface area contributed by atoms with Crippen LogP contribution in [0.2, 0.25) is 0 Å². The van der Waals surface area contributed by atoms with Gasteiger partial charge in [0.1, 0.15) is 11.7 Å². The van der Waals surface area contributed by atoms with Crippen molar-refractivity contribution in [3.63, 3.8) is 0 Å². The van der Waals surface area contributed by atoms with Crippen LogP contribution in [0.25, 0.3) is 0 Å². The lowest BCUT2D eigenvalue weighted by Gasteiger charge is -2.29. The maximum atomic E-state index is 12.2. The van der Waals surface area contributed by atoms with Crippen LogP contribution in [0, 0.1) is 0 Å². The summed E-state index contributed by atoms with van der Waals surface area (Å²) in [5.41, 5.74) is -0.0883. The van der Waals surface area contributed by atoms with E-state index in [0.29, 0.717) is 12.8 Å². The third-order valence-electron chi connectivity index (χ3n) is 5.41. The minimum absolute atomic E-state index is 0.236. The number of esters is 1. The highest BCUT2D eigenvalue weighted by atomic mass is 16.6. The smallest absolute Gasteiger partial charge is 0.306 e. The van der Waals surface area contributed by atoms with Crippen molar-refractivity contribution in [2.45, 2.75) is 123 Å². The summed E-state index contributed by atoms with van der Waals surface area (Å²) in [6.45, 7) is 11.5. The SMILES string of the molecule is C=CC(C)(O)C(CC=C(C)C)OC(=O)CCCCCCCC=CCC=CCCCCC. The quantitative estimate of drug-likeness (QED) is 0.128. The standard InChI is InChI=1S/C28H48O3/c1-6-8-9-10-11-12-13-14-15-16-17-18-19-20-21-22-27(29)31-26(24-23-25(3)4)28(5,30)7-2/h7,11-12,14-15,23,26,30H,2,6,8-10,13,16-22,24H2,1,3-5H3. The van der Waals surface area contributed by atoms with Crippen LogP contribution in [0.5, 0.6) is 0 Å². The highest BCUT2D eigenvalue weighted by molar-refractivity contribution is 5.69. The molecule has 0 aliphatic heterocycles. The van der Waals surface area contributed by atoms with Gasteiger partial charge in [0.2, 0.25) is 0 Å². The fourth-order valence-electron chi connectivity index (χ4n) is 3.18. The molecule has 0 aromatic heterocycles. The first-order valence-electron chi connectivity index (χ1n) is 12.3. The zero-order valence-corrected chi connectivity index (χ0v) is 20.7. The van der Waals surface area contributed by atoms with Crippen LogP contribution < -0.4 is 0 Å². The minimum Gasteiger partial charge on any atom is -0.459 e. The number of aliphatic hydroxyl groups is 1. The lowest BCUT2D eigenvalue weighted by molar-refractivity contribution is -0.159. The molecule has 0 spiro atoms. The van der Waals surface area contributed by atoms with Gasteiger partial charge in [0.05, 0.1) is 0 Å². The van der Waals surface area contributed by atoms with Crippen LogP contribution in [-0.2, 0) is 9.53 Å². The van der Waals surface area contributed by atoms with Crippen molar-refractivity contribution in [3.8, 4) is 0 Å². The molecule has 0 saturated carbocycles. The molecule has 3 heteroatoms. The first-order chi connectivity index (χ1) is 14.8. The monoisotopic (exact) mass is 432 g/mol. The number of unbranched alkanes of at least 4 members (excludes halogenated alkanes) is 8. The summed E-state index contributed by atoms with van der Waals surface area (Å²) in [5, 5.41) is 10.4. The average molecular weight is 433 g/mol. The second-order valence-electron chi connectivity index (χ2n) is 8.91. The van der Waals surface area contributed by atoms with Gasteiger partial charge < -0.3 is 9.84 Å². The summed E-state index contributed by atoms with van der Waals surface area (Å²) in [6.07, 6.45) is 25.6. The van der Waals surface area contributed by atoms with Crippen LogP contribution in [0.4, 0.5) is 0 Å². The summed E-state index contributed by atoms with van der Waals surface area (Å²) in [6, 6.07) is 0. The molecule has 0 bridgehead atoms. The predicted octanol–water partition coefficient (Wildman–Crippen LogP) is 8.01. The predicted molar refractivity (Wildman–Crippen MR) is 134 cm³/mol. The molecule has 1 N–H and O–H groups in total. The molecule has 2 unspecified atom stereocenters. The number of carbonyl (C=O) groups excluding carboxylic acids is 1. The largest absolute Gasteiger partial charge is 0.459 e. The van der Waals surface area contributed by atoms with Gasteiger partial charge in [0, 0.05) is 12.8 Å². The maximum absolute atomic E-state index is 12.2. The Labute approximate surface area is 192 Å². The van der Waals surface area contributed by atoms with Crippen molar-refractivity contribution < 1.29 is 14.6 Å². The Kier molecular flexibility index (Phi) is 18.1. The molecule has 0 aromatic carbocycles. The van der Waals surface area contributed by atoms with Crippen LogP contribution in [-0.4, -0.2) is 22.8 Å². The molecule has 0 radical (unpaired) electrons. The van der Waals surface area contributed by atoms with E-state index in [4.69, 9.17) is 4.74 Å². The van der Waals surface area contributed by atoms with Gasteiger partial charge >= 0.3 is 5.97 Å². The van der Waals surface area contributed by atoms with E-state index < -0.39 is 11.7 Å². The molecule has 3 nitrogen and oxygen atoms in total. The van der Waals surface area contributed by atoms with Crippen molar-refractivity contribution in [2.24, 2.45) is 0 Å². The topological polar surface area (TPSA) is 46.5 Å². The van der Waals surface area contributed by atoms with Crippen LogP contribution in [0.1, 0.15) is 111 Å². The lowest BCUT2D eigenvalue weighted by Crippen LogP contribution is -2.40. The van der Waals surface area contributed by atoms with E-state index >= 15 is 0 Å². The van der Waals surface area contributed by atoms with Gasteiger partial charge in [-0.05, 0) is 59.3 Å². The summed E-state index contributed by atoms with van der Waals surface area (Å²) in [5.74, 6) is -0.236. The molecular formula is C28H48O3. The van der Waals surface area contributed by atoms with E-state index in [1.165, 1.54) is 44.6 Å².